The first-order valence-electron chi connectivity index (χ1n) is 9.67. The van der Waals surface area contributed by atoms with E-state index in [4.69, 9.17) is 4.74 Å². The quantitative estimate of drug-likeness (QED) is 0.339. The van der Waals surface area contributed by atoms with Crippen LogP contribution in [-0.2, 0) is 27.8 Å². The van der Waals surface area contributed by atoms with Crippen molar-refractivity contribution in [1.82, 2.24) is 14.9 Å². The number of methoxy groups -OCH3 is 1. The van der Waals surface area contributed by atoms with Crippen molar-refractivity contribution < 1.29 is 17.5 Å². The van der Waals surface area contributed by atoms with Gasteiger partial charge in [-0.3, -0.25) is 0 Å². The number of aliphatic imine (C=N–C) groups is 1. The first-order chi connectivity index (χ1) is 14.4. The highest BCUT2D eigenvalue weighted by Crippen LogP contribution is 2.12. The summed E-state index contributed by atoms with van der Waals surface area (Å²) in [6, 6.07) is 13.1. The van der Waals surface area contributed by atoms with E-state index in [1.807, 2.05) is 24.9 Å². The van der Waals surface area contributed by atoms with Gasteiger partial charge in [-0.2, -0.15) is 0 Å². The number of guanidine groups is 1. The molecular formula is C21H29FN4O3S. The lowest BCUT2D eigenvalue weighted by molar-refractivity contribution is 0.204. The van der Waals surface area contributed by atoms with E-state index in [1.165, 1.54) is 19.2 Å². The summed E-state index contributed by atoms with van der Waals surface area (Å²) in [6.07, 6.45) is 0. The monoisotopic (exact) mass is 436 g/mol. The first kappa shape index (κ1) is 23.8. The van der Waals surface area contributed by atoms with Gasteiger partial charge in [-0.15, -0.1) is 0 Å². The van der Waals surface area contributed by atoms with Gasteiger partial charge in [0.2, 0.25) is 10.0 Å². The van der Waals surface area contributed by atoms with Gasteiger partial charge < -0.3 is 15.0 Å². The van der Waals surface area contributed by atoms with Crippen molar-refractivity contribution in [3.05, 3.63) is 65.5 Å². The number of hydrogen-bond donors (Lipinski definition) is 2. The molecule has 0 unspecified atom stereocenters. The van der Waals surface area contributed by atoms with Crippen molar-refractivity contribution in [2.45, 2.75) is 24.9 Å². The summed E-state index contributed by atoms with van der Waals surface area (Å²) in [5.74, 6) is 0.411. The number of nitrogens with zero attached hydrogens (tertiary/aromatic N) is 2. The second-order valence-corrected chi connectivity index (χ2v) is 8.46. The highest BCUT2D eigenvalue weighted by atomic mass is 32.2. The maximum atomic E-state index is 13.4. The second-order valence-electron chi connectivity index (χ2n) is 6.69. The number of benzene rings is 2. The van der Waals surface area contributed by atoms with Gasteiger partial charge in [0.25, 0.3) is 0 Å². The molecule has 0 aliphatic rings. The Morgan fingerprint density at radius 3 is 2.53 bits per heavy atom. The van der Waals surface area contributed by atoms with E-state index >= 15 is 0 Å². The highest BCUT2D eigenvalue weighted by molar-refractivity contribution is 7.89. The number of hydrogen-bond acceptors (Lipinski definition) is 4. The van der Waals surface area contributed by atoms with E-state index in [-0.39, 0.29) is 17.3 Å². The second kappa shape index (κ2) is 11.6. The fraction of sp³-hybridized carbons (Fsp3) is 0.381. The van der Waals surface area contributed by atoms with Crippen LogP contribution < -0.4 is 10.0 Å². The molecule has 0 atom stereocenters. The maximum Gasteiger partial charge on any atom is 0.240 e. The predicted octanol–water partition coefficient (Wildman–Crippen LogP) is 2.35. The Morgan fingerprint density at radius 2 is 1.90 bits per heavy atom. The molecule has 0 heterocycles. The largest absolute Gasteiger partial charge is 0.383 e. The minimum atomic E-state index is -3.56. The van der Waals surface area contributed by atoms with Gasteiger partial charge in [0.15, 0.2) is 5.96 Å². The fourth-order valence-corrected chi connectivity index (χ4v) is 3.77. The number of sulfonamides is 1. The minimum Gasteiger partial charge on any atom is -0.383 e. The number of halogens is 1. The zero-order chi connectivity index (χ0) is 22.0. The van der Waals surface area contributed by atoms with Gasteiger partial charge in [-0.25, -0.2) is 22.5 Å². The fourth-order valence-electron chi connectivity index (χ4n) is 2.76. The van der Waals surface area contributed by atoms with Crippen LogP contribution in [0.1, 0.15) is 18.1 Å². The zero-order valence-electron chi connectivity index (χ0n) is 17.6. The highest BCUT2D eigenvalue weighted by Gasteiger charge is 2.13. The molecule has 0 aliphatic heterocycles. The smallest absolute Gasteiger partial charge is 0.240 e. The van der Waals surface area contributed by atoms with Crippen LogP contribution in [0.4, 0.5) is 4.39 Å². The maximum absolute atomic E-state index is 13.4. The SMILES string of the molecule is CCNC(=NCc1ccc(S(=O)(=O)NCCOC)cc1)N(C)Cc1cccc(F)c1. The lowest BCUT2D eigenvalue weighted by Crippen LogP contribution is -2.38. The molecule has 0 aromatic heterocycles. The molecule has 2 rings (SSSR count). The van der Waals surface area contributed by atoms with Gasteiger partial charge >= 0.3 is 0 Å². The third-order valence-electron chi connectivity index (χ3n) is 4.25. The molecule has 7 nitrogen and oxygen atoms in total. The van der Waals surface area contributed by atoms with E-state index < -0.39 is 10.0 Å². The van der Waals surface area contributed by atoms with E-state index in [0.717, 1.165) is 11.1 Å². The summed E-state index contributed by atoms with van der Waals surface area (Å²) >= 11 is 0. The summed E-state index contributed by atoms with van der Waals surface area (Å²) in [5, 5.41) is 3.22. The van der Waals surface area contributed by atoms with E-state index in [2.05, 4.69) is 15.0 Å². The average Bonchev–Trinajstić information content (AvgIpc) is 2.71. The minimum absolute atomic E-state index is 0.196. The van der Waals surface area contributed by atoms with Crippen LogP contribution in [0.15, 0.2) is 58.4 Å². The number of nitrogens with one attached hydrogen (secondary N) is 2. The van der Waals surface area contributed by atoms with Crippen molar-refractivity contribution in [3.8, 4) is 0 Å². The van der Waals surface area contributed by atoms with Crippen LogP contribution >= 0.6 is 0 Å². The van der Waals surface area contributed by atoms with Gasteiger partial charge in [-0.1, -0.05) is 24.3 Å². The number of ether oxygens (including phenoxy) is 1. The van der Waals surface area contributed by atoms with Crippen molar-refractivity contribution in [1.29, 1.82) is 0 Å². The average molecular weight is 437 g/mol. The van der Waals surface area contributed by atoms with E-state index in [1.54, 1.807) is 30.3 Å². The Labute approximate surface area is 178 Å². The summed E-state index contributed by atoms with van der Waals surface area (Å²) < 4.78 is 45.2. The van der Waals surface area contributed by atoms with Crippen LogP contribution in [0.5, 0.6) is 0 Å². The van der Waals surface area contributed by atoms with Gasteiger partial charge in [0.05, 0.1) is 18.0 Å². The summed E-state index contributed by atoms with van der Waals surface area (Å²) in [6.45, 7) is 4.08. The van der Waals surface area contributed by atoms with Crippen molar-refractivity contribution in [2.75, 3.05) is 33.9 Å². The molecule has 2 aromatic carbocycles. The molecule has 0 fully saturated rings. The molecule has 0 amide bonds. The lowest BCUT2D eigenvalue weighted by atomic mass is 10.2. The Balaban J connectivity index is 2.05. The molecule has 0 saturated heterocycles. The predicted molar refractivity (Wildman–Crippen MR) is 116 cm³/mol. The molecule has 0 saturated carbocycles. The van der Waals surface area contributed by atoms with Crippen LogP contribution in [0, 0.1) is 5.82 Å². The standard InChI is InChI=1S/C21H29FN4O3S/c1-4-23-21(26(2)16-18-6-5-7-19(22)14-18)24-15-17-8-10-20(11-9-17)30(27,28)25-12-13-29-3/h5-11,14,25H,4,12-13,15-16H2,1-3H3,(H,23,24). The topological polar surface area (TPSA) is 83.0 Å². The van der Waals surface area contributed by atoms with Crippen LogP contribution in [0.2, 0.25) is 0 Å². The van der Waals surface area contributed by atoms with E-state index in [0.29, 0.717) is 32.2 Å². The van der Waals surface area contributed by atoms with Crippen molar-refractivity contribution >= 4 is 16.0 Å². The molecule has 0 spiro atoms. The Kier molecular flexibility index (Phi) is 9.22. The summed E-state index contributed by atoms with van der Waals surface area (Å²) in [4.78, 5) is 6.72. The summed E-state index contributed by atoms with van der Waals surface area (Å²) in [7, 11) is -0.160. The molecule has 30 heavy (non-hydrogen) atoms. The van der Waals surface area contributed by atoms with Crippen LogP contribution in [-0.4, -0.2) is 53.1 Å². The lowest BCUT2D eigenvalue weighted by Gasteiger charge is -2.22. The van der Waals surface area contributed by atoms with Gasteiger partial charge in [-0.05, 0) is 42.3 Å². The third-order valence-corrected chi connectivity index (χ3v) is 5.73. The summed E-state index contributed by atoms with van der Waals surface area (Å²) in [5.41, 5.74) is 1.72. The van der Waals surface area contributed by atoms with Crippen LogP contribution in [0.3, 0.4) is 0 Å². The Hall–Kier alpha value is -2.49. The molecular weight excluding hydrogens is 407 g/mol. The molecule has 0 aliphatic carbocycles. The van der Waals surface area contributed by atoms with E-state index in [9.17, 15) is 12.8 Å². The van der Waals surface area contributed by atoms with Crippen molar-refractivity contribution in [2.24, 2.45) is 4.99 Å². The Bertz CT molecular complexity index is 934. The van der Waals surface area contributed by atoms with Crippen LogP contribution in [0.25, 0.3) is 0 Å². The molecule has 2 aromatic rings. The third kappa shape index (κ3) is 7.40. The van der Waals surface area contributed by atoms with Crippen molar-refractivity contribution in [3.63, 3.8) is 0 Å². The number of rotatable bonds is 10. The normalized spacial score (nSPS) is 12.1. The molecule has 164 valence electrons. The first-order valence-corrected chi connectivity index (χ1v) is 11.2. The molecule has 2 N–H and O–H groups in total. The molecule has 0 radical (unpaired) electrons. The van der Waals surface area contributed by atoms with Gasteiger partial charge in [0, 0.05) is 33.8 Å². The zero-order valence-corrected chi connectivity index (χ0v) is 18.4. The Morgan fingerprint density at radius 1 is 1.17 bits per heavy atom. The molecule has 0 bridgehead atoms. The van der Waals surface area contributed by atoms with Gasteiger partial charge in [0.1, 0.15) is 5.82 Å². The molecule has 9 heteroatoms.